The van der Waals surface area contributed by atoms with Crippen molar-refractivity contribution in [2.45, 2.75) is 13.0 Å². The van der Waals surface area contributed by atoms with Gasteiger partial charge in [-0.15, -0.1) is 0 Å². The smallest absolute Gasteiger partial charge is 0.353 e. The summed E-state index contributed by atoms with van der Waals surface area (Å²) in [6, 6.07) is 7.10. The molecule has 0 unspecified atom stereocenters. The van der Waals surface area contributed by atoms with Crippen LogP contribution in [0.2, 0.25) is 0 Å². The first-order valence-electron chi connectivity index (χ1n) is 8.11. The van der Waals surface area contributed by atoms with E-state index in [0.717, 1.165) is 22.2 Å². The number of aromatic hydroxyl groups is 1. The van der Waals surface area contributed by atoms with E-state index in [1.165, 1.54) is 7.11 Å². The van der Waals surface area contributed by atoms with Gasteiger partial charge in [-0.05, 0) is 24.6 Å². The molecule has 0 fully saturated rings. The number of ether oxygens (including phenoxy) is 1. The zero-order valence-electron chi connectivity index (χ0n) is 14.9. The van der Waals surface area contributed by atoms with Gasteiger partial charge < -0.3 is 20.3 Å². The van der Waals surface area contributed by atoms with Gasteiger partial charge in [0.15, 0.2) is 0 Å². The lowest BCUT2D eigenvalue weighted by Gasteiger charge is -2.15. The number of carboxylic acid groups (broad SMARTS) is 1. The Hall–Kier alpha value is -3.95. The Kier molecular flexibility index (Phi) is 4.94. The zero-order chi connectivity index (χ0) is 20.4. The molecule has 0 spiro atoms. The number of esters is 1. The van der Waals surface area contributed by atoms with Crippen LogP contribution in [-0.4, -0.2) is 49.5 Å². The maximum atomic E-state index is 12.5. The molecule has 1 aromatic carbocycles. The molecule has 0 radical (unpaired) electrons. The first-order chi connectivity index (χ1) is 13.3. The monoisotopic (exact) mass is 384 g/mol. The maximum Gasteiger partial charge on any atom is 0.353 e. The van der Waals surface area contributed by atoms with E-state index in [1.807, 2.05) is 0 Å². The average molecular weight is 384 g/mol. The van der Waals surface area contributed by atoms with Crippen LogP contribution in [0.15, 0.2) is 36.5 Å². The third kappa shape index (κ3) is 3.47. The van der Waals surface area contributed by atoms with Gasteiger partial charge >= 0.3 is 11.9 Å². The number of nitrogens with one attached hydrogen (secondary N) is 1. The number of carboxylic acids is 1. The number of aromatic nitrogens is 3. The van der Waals surface area contributed by atoms with Crippen molar-refractivity contribution in [2.24, 2.45) is 0 Å². The summed E-state index contributed by atoms with van der Waals surface area (Å²) in [5.41, 5.74) is 0.592. The maximum absolute atomic E-state index is 12.5. The van der Waals surface area contributed by atoms with E-state index in [2.05, 4.69) is 20.0 Å². The van der Waals surface area contributed by atoms with Crippen LogP contribution in [0.4, 0.5) is 0 Å². The molecule has 0 saturated carbocycles. The molecule has 144 valence electrons. The predicted molar refractivity (Wildman–Crippen MR) is 95.3 cm³/mol. The second kappa shape index (κ2) is 7.35. The van der Waals surface area contributed by atoms with Crippen LogP contribution in [0, 0.1) is 0 Å². The third-order valence-electron chi connectivity index (χ3n) is 4.09. The van der Waals surface area contributed by atoms with Crippen LogP contribution in [0.3, 0.4) is 0 Å². The summed E-state index contributed by atoms with van der Waals surface area (Å²) >= 11 is 0. The van der Waals surface area contributed by atoms with Crippen molar-refractivity contribution in [3.05, 3.63) is 59.0 Å². The highest BCUT2D eigenvalue weighted by atomic mass is 16.5. The van der Waals surface area contributed by atoms with Crippen LogP contribution >= 0.6 is 0 Å². The van der Waals surface area contributed by atoms with E-state index in [-0.39, 0.29) is 17.2 Å². The van der Waals surface area contributed by atoms with Crippen molar-refractivity contribution >= 4 is 23.6 Å². The highest BCUT2D eigenvalue weighted by Crippen LogP contribution is 2.18. The number of hydrogen-bond acceptors (Lipinski definition) is 7. The first kappa shape index (κ1) is 18.8. The van der Waals surface area contributed by atoms with Gasteiger partial charge in [0.1, 0.15) is 11.4 Å². The lowest BCUT2D eigenvalue weighted by molar-refractivity contribution is 0.0599. The highest BCUT2D eigenvalue weighted by Gasteiger charge is 2.20. The van der Waals surface area contributed by atoms with E-state index >= 15 is 0 Å². The Bertz CT molecular complexity index is 1070. The molecule has 10 nitrogen and oxygen atoms in total. The van der Waals surface area contributed by atoms with E-state index < -0.39 is 29.8 Å². The van der Waals surface area contributed by atoms with Crippen LogP contribution in [0.1, 0.15) is 49.9 Å². The van der Waals surface area contributed by atoms with Gasteiger partial charge in [0.25, 0.3) is 5.91 Å². The number of carbonyl (C=O) groups is 3. The van der Waals surface area contributed by atoms with Gasteiger partial charge in [-0.2, -0.15) is 0 Å². The molecule has 3 aromatic rings. The molecular formula is C18H16N4O6. The van der Waals surface area contributed by atoms with Crippen LogP contribution < -0.4 is 5.32 Å². The van der Waals surface area contributed by atoms with Gasteiger partial charge in [0.2, 0.25) is 11.7 Å². The summed E-state index contributed by atoms with van der Waals surface area (Å²) in [6.07, 6.45) is 1.04. The lowest BCUT2D eigenvalue weighted by atomic mass is 10.1. The van der Waals surface area contributed by atoms with E-state index in [9.17, 15) is 24.6 Å². The van der Waals surface area contributed by atoms with Crippen molar-refractivity contribution in [2.75, 3.05) is 7.11 Å². The second-order valence-electron chi connectivity index (χ2n) is 5.89. The summed E-state index contributed by atoms with van der Waals surface area (Å²) in [4.78, 5) is 43.2. The number of aromatic carboxylic acids is 1. The average Bonchev–Trinajstić information content (AvgIpc) is 3.07. The fraction of sp³-hybridized carbons (Fsp3) is 0.167. The number of hydrogen-bond donors (Lipinski definition) is 3. The number of benzene rings is 1. The molecule has 0 aliphatic carbocycles. The molecule has 3 rings (SSSR count). The normalized spacial score (nSPS) is 11.8. The number of imidazole rings is 1. The van der Waals surface area contributed by atoms with Crippen LogP contribution in [-0.2, 0) is 4.74 Å². The van der Waals surface area contributed by atoms with Crippen molar-refractivity contribution < 1.29 is 29.3 Å². The quantitative estimate of drug-likeness (QED) is 0.560. The number of carbonyl (C=O) groups excluding carboxylic acids is 2. The van der Waals surface area contributed by atoms with E-state index in [0.29, 0.717) is 5.56 Å². The molecule has 2 aromatic heterocycles. The summed E-state index contributed by atoms with van der Waals surface area (Å²) in [7, 11) is 1.29. The minimum absolute atomic E-state index is 0.113. The molecule has 28 heavy (non-hydrogen) atoms. The van der Waals surface area contributed by atoms with E-state index in [1.54, 1.807) is 31.2 Å². The van der Waals surface area contributed by atoms with Crippen LogP contribution in [0.5, 0.6) is 5.88 Å². The minimum atomic E-state index is -1.35. The standard InChI is InChI=1S/C18H16N4O6/c1-9(10-3-5-11(6-4-10)17(27)28-2)20-15(24)12-7-13(16(25)26)22-14(23)8-19-18(22)21-12/h3-9,23H,1-2H3,(H,20,24)(H,25,26)/t9-/m0/s1. The number of methoxy groups -OCH3 is 1. The SMILES string of the molecule is COC(=O)c1ccc([C@H](C)NC(=O)c2cc(C(=O)O)n3c(O)cnc3n2)cc1. The fourth-order valence-electron chi connectivity index (χ4n) is 2.63. The van der Waals surface area contributed by atoms with Crippen LogP contribution in [0.25, 0.3) is 5.78 Å². The Morgan fingerprint density at radius 2 is 1.89 bits per heavy atom. The van der Waals surface area contributed by atoms with Gasteiger partial charge in [-0.25, -0.2) is 24.0 Å². The molecule has 3 N–H and O–H groups in total. The first-order valence-corrected chi connectivity index (χ1v) is 8.11. The Balaban J connectivity index is 1.84. The molecule has 0 saturated heterocycles. The zero-order valence-corrected chi connectivity index (χ0v) is 14.9. The topological polar surface area (TPSA) is 143 Å². The van der Waals surface area contributed by atoms with Crippen molar-refractivity contribution in [1.29, 1.82) is 0 Å². The molecule has 1 atom stereocenters. The highest BCUT2D eigenvalue weighted by molar-refractivity contribution is 5.96. The van der Waals surface area contributed by atoms with Gasteiger partial charge in [0.05, 0.1) is 24.9 Å². The Morgan fingerprint density at radius 1 is 1.21 bits per heavy atom. The van der Waals surface area contributed by atoms with Gasteiger partial charge in [-0.3, -0.25) is 4.79 Å². The molecular weight excluding hydrogens is 368 g/mol. The van der Waals surface area contributed by atoms with Crippen molar-refractivity contribution in [3.8, 4) is 5.88 Å². The fourth-order valence-corrected chi connectivity index (χ4v) is 2.63. The lowest BCUT2D eigenvalue weighted by Crippen LogP contribution is -2.28. The molecule has 0 aliphatic rings. The van der Waals surface area contributed by atoms with Crippen molar-refractivity contribution in [1.82, 2.24) is 19.7 Å². The minimum Gasteiger partial charge on any atom is -0.493 e. The number of amides is 1. The van der Waals surface area contributed by atoms with Crippen molar-refractivity contribution in [3.63, 3.8) is 0 Å². The molecule has 0 bridgehead atoms. The molecule has 10 heteroatoms. The molecule has 0 aliphatic heterocycles. The molecule has 1 amide bonds. The second-order valence-corrected chi connectivity index (χ2v) is 5.89. The summed E-state index contributed by atoms with van der Waals surface area (Å²) in [5, 5.41) is 21.7. The largest absolute Gasteiger partial charge is 0.493 e. The summed E-state index contributed by atoms with van der Waals surface area (Å²) in [6.45, 7) is 1.73. The van der Waals surface area contributed by atoms with E-state index in [4.69, 9.17) is 0 Å². The number of rotatable bonds is 5. The predicted octanol–water partition coefficient (Wildman–Crippen LogP) is 1.41. The van der Waals surface area contributed by atoms with Gasteiger partial charge in [-0.1, -0.05) is 12.1 Å². The summed E-state index contributed by atoms with van der Waals surface area (Å²) < 4.78 is 5.56. The Morgan fingerprint density at radius 3 is 2.50 bits per heavy atom. The summed E-state index contributed by atoms with van der Waals surface area (Å²) in [5.74, 6) is -2.94. The third-order valence-corrected chi connectivity index (χ3v) is 4.09. The number of nitrogens with zero attached hydrogens (tertiary/aromatic N) is 3. The molecule has 2 heterocycles. The van der Waals surface area contributed by atoms with Gasteiger partial charge in [0, 0.05) is 6.07 Å². The number of fused-ring (bicyclic) bond motifs is 1. The Labute approximate surface area is 158 Å².